The van der Waals surface area contributed by atoms with E-state index in [1.165, 1.54) is 12.0 Å². The summed E-state index contributed by atoms with van der Waals surface area (Å²) < 4.78 is 4.73. The summed E-state index contributed by atoms with van der Waals surface area (Å²) in [4.78, 5) is 41.8. The first kappa shape index (κ1) is 20.7. The SMILES string of the molecule is C=CCN(C(=O)CC(C)C)C(C)C(=O)c1c(C)[nH]c(C(=O)OC)c1C. The molecule has 0 spiro atoms. The Morgan fingerprint density at radius 1 is 1.24 bits per heavy atom. The Morgan fingerprint density at radius 3 is 2.32 bits per heavy atom. The van der Waals surface area contributed by atoms with E-state index < -0.39 is 12.0 Å². The highest BCUT2D eigenvalue weighted by Gasteiger charge is 2.30. The van der Waals surface area contributed by atoms with Crippen LogP contribution in [-0.2, 0) is 9.53 Å². The first-order chi connectivity index (χ1) is 11.6. The van der Waals surface area contributed by atoms with E-state index in [4.69, 9.17) is 4.74 Å². The van der Waals surface area contributed by atoms with Crippen molar-refractivity contribution in [3.8, 4) is 0 Å². The lowest BCUT2D eigenvalue weighted by molar-refractivity contribution is -0.132. The van der Waals surface area contributed by atoms with Crippen molar-refractivity contribution in [2.24, 2.45) is 5.92 Å². The second-order valence-electron chi connectivity index (χ2n) is 6.59. The fourth-order valence-corrected chi connectivity index (χ4v) is 2.86. The smallest absolute Gasteiger partial charge is 0.354 e. The van der Waals surface area contributed by atoms with E-state index in [9.17, 15) is 14.4 Å². The number of nitrogens with zero attached hydrogens (tertiary/aromatic N) is 1. The minimum absolute atomic E-state index is 0.0882. The maximum absolute atomic E-state index is 13.0. The number of carbonyl (C=O) groups excluding carboxylic acids is 3. The molecule has 138 valence electrons. The highest BCUT2D eigenvalue weighted by atomic mass is 16.5. The number of nitrogens with one attached hydrogen (secondary N) is 1. The Labute approximate surface area is 149 Å². The number of hydrogen-bond donors (Lipinski definition) is 1. The van der Waals surface area contributed by atoms with Gasteiger partial charge in [0.1, 0.15) is 5.69 Å². The zero-order valence-electron chi connectivity index (χ0n) is 15.9. The van der Waals surface area contributed by atoms with Crippen molar-refractivity contribution in [3.05, 3.63) is 35.2 Å². The molecule has 1 heterocycles. The number of methoxy groups -OCH3 is 1. The molecule has 0 saturated carbocycles. The van der Waals surface area contributed by atoms with Crippen LogP contribution in [0.15, 0.2) is 12.7 Å². The highest BCUT2D eigenvalue weighted by molar-refractivity contribution is 6.06. The van der Waals surface area contributed by atoms with Crippen molar-refractivity contribution < 1.29 is 19.1 Å². The largest absolute Gasteiger partial charge is 0.464 e. The number of ether oxygens (including phenoxy) is 1. The molecule has 0 aliphatic rings. The van der Waals surface area contributed by atoms with Gasteiger partial charge in [-0.2, -0.15) is 0 Å². The third-order valence-corrected chi connectivity index (χ3v) is 4.15. The Kier molecular flexibility index (Phi) is 7.15. The van der Waals surface area contributed by atoms with Crippen molar-refractivity contribution in [2.75, 3.05) is 13.7 Å². The lowest BCUT2D eigenvalue weighted by Gasteiger charge is -2.28. The van der Waals surface area contributed by atoms with Crippen LogP contribution in [0.25, 0.3) is 0 Å². The summed E-state index contributed by atoms with van der Waals surface area (Å²) in [6.07, 6.45) is 1.97. The molecule has 0 aliphatic carbocycles. The molecule has 1 aromatic rings. The average Bonchev–Trinajstić information content (AvgIpc) is 2.84. The van der Waals surface area contributed by atoms with Gasteiger partial charge in [0.05, 0.1) is 13.2 Å². The second-order valence-corrected chi connectivity index (χ2v) is 6.59. The molecular weight excluding hydrogens is 320 g/mol. The van der Waals surface area contributed by atoms with Crippen LogP contribution in [0.4, 0.5) is 0 Å². The second kappa shape index (κ2) is 8.65. The third kappa shape index (κ3) is 4.59. The number of aromatic amines is 1. The molecule has 1 rings (SSSR count). The maximum Gasteiger partial charge on any atom is 0.354 e. The first-order valence-electron chi connectivity index (χ1n) is 8.37. The Hall–Kier alpha value is -2.37. The molecule has 1 N–H and O–H groups in total. The van der Waals surface area contributed by atoms with Gasteiger partial charge in [0.25, 0.3) is 0 Å². The van der Waals surface area contributed by atoms with Crippen LogP contribution in [0.5, 0.6) is 0 Å². The van der Waals surface area contributed by atoms with Crippen LogP contribution in [-0.4, -0.2) is 47.2 Å². The van der Waals surface area contributed by atoms with Crippen LogP contribution >= 0.6 is 0 Å². The molecule has 0 aromatic carbocycles. The number of ketones is 1. The standard InChI is InChI=1S/C19H28N2O4/c1-8-9-21(15(22)10-11(2)3)14(6)18(23)16-12(4)17(19(24)25-7)20-13(16)5/h8,11,14,20H,1,9-10H2,2-7H3. The molecule has 0 bridgehead atoms. The van der Waals surface area contributed by atoms with Crippen LogP contribution in [0, 0.1) is 19.8 Å². The average molecular weight is 348 g/mol. The number of H-pyrrole nitrogens is 1. The molecular formula is C19H28N2O4. The zero-order chi connectivity index (χ0) is 19.3. The summed E-state index contributed by atoms with van der Waals surface area (Å²) in [5.41, 5.74) is 1.82. The zero-order valence-corrected chi connectivity index (χ0v) is 15.9. The van der Waals surface area contributed by atoms with Gasteiger partial charge in [0.2, 0.25) is 5.91 Å². The van der Waals surface area contributed by atoms with Crippen LogP contribution in [0.2, 0.25) is 0 Å². The summed E-state index contributed by atoms with van der Waals surface area (Å²) in [6.45, 7) is 13.0. The van der Waals surface area contributed by atoms with Gasteiger partial charge in [-0.3, -0.25) is 9.59 Å². The fourth-order valence-electron chi connectivity index (χ4n) is 2.86. The van der Waals surface area contributed by atoms with Crippen molar-refractivity contribution in [1.82, 2.24) is 9.88 Å². The summed E-state index contributed by atoms with van der Waals surface area (Å²) in [6, 6.07) is -0.650. The molecule has 1 amide bonds. The Morgan fingerprint density at radius 2 is 1.84 bits per heavy atom. The van der Waals surface area contributed by atoms with Gasteiger partial charge >= 0.3 is 5.97 Å². The fraction of sp³-hybridized carbons (Fsp3) is 0.526. The number of Topliss-reactive ketones (excluding diaryl/α,β-unsaturated/α-hetero) is 1. The number of rotatable bonds is 8. The highest BCUT2D eigenvalue weighted by Crippen LogP contribution is 2.22. The number of esters is 1. The molecule has 25 heavy (non-hydrogen) atoms. The number of carbonyl (C=O) groups is 3. The van der Waals surface area contributed by atoms with Gasteiger partial charge < -0.3 is 14.6 Å². The third-order valence-electron chi connectivity index (χ3n) is 4.15. The topological polar surface area (TPSA) is 79.5 Å². The minimum atomic E-state index is -0.650. The summed E-state index contributed by atoms with van der Waals surface area (Å²) in [5.74, 6) is -0.620. The first-order valence-corrected chi connectivity index (χ1v) is 8.37. The molecule has 0 fully saturated rings. The molecule has 1 unspecified atom stereocenters. The quantitative estimate of drug-likeness (QED) is 0.445. The summed E-state index contributed by atoms with van der Waals surface area (Å²) in [7, 11) is 1.29. The molecule has 1 atom stereocenters. The van der Waals surface area contributed by atoms with E-state index in [0.717, 1.165) is 0 Å². The van der Waals surface area contributed by atoms with Gasteiger partial charge in [-0.15, -0.1) is 6.58 Å². The maximum atomic E-state index is 13.0. The summed E-state index contributed by atoms with van der Waals surface area (Å²) >= 11 is 0. The predicted octanol–water partition coefficient (Wildman–Crippen LogP) is 3.05. The number of hydrogen-bond acceptors (Lipinski definition) is 4. The molecule has 6 heteroatoms. The van der Waals surface area contributed by atoms with E-state index in [1.54, 1.807) is 26.8 Å². The number of aryl methyl sites for hydroxylation is 1. The monoisotopic (exact) mass is 348 g/mol. The van der Waals surface area contributed by atoms with E-state index >= 15 is 0 Å². The molecule has 0 saturated heterocycles. The molecule has 0 radical (unpaired) electrons. The van der Waals surface area contributed by atoms with Crippen molar-refractivity contribution in [3.63, 3.8) is 0 Å². The van der Waals surface area contributed by atoms with Gasteiger partial charge in [-0.1, -0.05) is 19.9 Å². The van der Waals surface area contributed by atoms with Crippen molar-refractivity contribution >= 4 is 17.7 Å². The van der Waals surface area contributed by atoms with E-state index in [2.05, 4.69) is 11.6 Å². The van der Waals surface area contributed by atoms with Crippen LogP contribution in [0.3, 0.4) is 0 Å². The molecule has 0 aliphatic heterocycles. The molecule has 6 nitrogen and oxygen atoms in total. The number of aromatic nitrogens is 1. The van der Waals surface area contributed by atoms with Gasteiger partial charge in [0, 0.05) is 24.2 Å². The lowest BCUT2D eigenvalue weighted by Crippen LogP contribution is -2.44. The summed E-state index contributed by atoms with van der Waals surface area (Å²) in [5, 5.41) is 0. The van der Waals surface area contributed by atoms with Gasteiger partial charge in [-0.05, 0) is 32.3 Å². The van der Waals surface area contributed by atoms with Crippen LogP contribution in [0.1, 0.15) is 59.3 Å². The molecule has 1 aromatic heterocycles. The minimum Gasteiger partial charge on any atom is -0.464 e. The van der Waals surface area contributed by atoms with E-state index in [0.29, 0.717) is 29.8 Å². The van der Waals surface area contributed by atoms with Crippen LogP contribution < -0.4 is 0 Å². The van der Waals surface area contributed by atoms with Gasteiger partial charge in [-0.25, -0.2) is 4.79 Å². The Bertz CT molecular complexity index is 673. The number of amides is 1. The van der Waals surface area contributed by atoms with Crippen molar-refractivity contribution in [1.29, 1.82) is 0 Å². The van der Waals surface area contributed by atoms with E-state index in [-0.39, 0.29) is 23.3 Å². The lowest BCUT2D eigenvalue weighted by atomic mass is 9.99. The normalized spacial score (nSPS) is 12.0. The van der Waals surface area contributed by atoms with E-state index in [1.807, 2.05) is 13.8 Å². The van der Waals surface area contributed by atoms with Gasteiger partial charge in [0.15, 0.2) is 5.78 Å². The predicted molar refractivity (Wildman–Crippen MR) is 96.8 cm³/mol. The Balaban J connectivity index is 3.19. The van der Waals surface area contributed by atoms with Crippen molar-refractivity contribution in [2.45, 2.75) is 47.1 Å².